The number of rotatable bonds is 6. The highest BCUT2D eigenvalue weighted by atomic mass is 35.5. The van der Waals surface area contributed by atoms with E-state index in [2.05, 4.69) is 25.3 Å². The van der Waals surface area contributed by atoms with Gasteiger partial charge in [-0.25, -0.2) is 9.97 Å². The summed E-state index contributed by atoms with van der Waals surface area (Å²) in [6.07, 6.45) is 6.77. The average molecular weight is 443 g/mol. The molecule has 0 bridgehead atoms. The van der Waals surface area contributed by atoms with E-state index in [0.29, 0.717) is 34.4 Å². The molecule has 0 aliphatic rings. The molecule has 4 rings (SSSR count). The molecular formula is C21H23ClN6O3. The summed E-state index contributed by atoms with van der Waals surface area (Å²) in [6, 6.07) is 5.47. The van der Waals surface area contributed by atoms with Gasteiger partial charge in [0.15, 0.2) is 11.5 Å². The zero-order valence-electron chi connectivity index (χ0n) is 17.9. The summed E-state index contributed by atoms with van der Waals surface area (Å²) in [5, 5.41) is 4.08. The molecule has 0 fully saturated rings. The standard InChI is InChI=1S/C19H17ClN6O3.C2H6/c1-27-14-6-11(7-15(28-2)17(14)29-3)26-9-16(22-10-26)24-18-12-4-5-21-8-13(12)23-19(20)25-18;1-2/h4-10H,1-3H3,(H,23,24,25);1-2H3. The van der Waals surface area contributed by atoms with Gasteiger partial charge in [-0.3, -0.25) is 4.98 Å². The van der Waals surface area contributed by atoms with Crippen molar-refractivity contribution in [1.29, 1.82) is 0 Å². The zero-order valence-corrected chi connectivity index (χ0v) is 18.6. The van der Waals surface area contributed by atoms with Crippen LogP contribution in [0.4, 0.5) is 11.6 Å². The summed E-state index contributed by atoms with van der Waals surface area (Å²) in [4.78, 5) is 16.9. The molecule has 1 aromatic carbocycles. The van der Waals surface area contributed by atoms with Gasteiger partial charge in [0.25, 0.3) is 0 Å². The Morgan fingerprint density at radius 2 is 1.71 bits per heavy atom. The van der Waals surface area contributed by atoms with Crippen LogP contribution in [0.25, 0.3) is 16.6 Å². The third kappa shape index (κ3) is 4.61. The molecule has 0 spiro atoms. The number of anilines is 2. The maximum absolute atomic E-state index is 6.03. The molecule has 4 aromatic rings. The lowest BCUT2D eigenvalue weighted by atomic mass is 10.2. The minimum atomic E-state index is 0.122. The summed E-state index contributed by atoms with van der Waals surface area (Å²) >= 11 is 6.03. The van der Waals surface area contributed by atoms with Gasteiger partial charge in [0.1, 0.15) is 18.0 Å². The minimum absolute atomic E-state index is 0.122. The van der Waals surface area contributed by atoms with Crippen LogP contribution >= 0.6 is 11.6 Å². The van der Waals surface area contributed by atoms with Gasteiger partial charge in [-0.15, -0.1) is 0 Å². The fourth-order valence-electron chi connectivity index (χ4n) is 2.91. The predicted octanol–water partition coefficient (Wildman–Crippen LogP) is 4.66. The van der Waals surface area contributed by atoms with Crippen LogP contribution in [-0.4, -0.2) is 45.8 Å². The van der Waals surface area contributed by atoms with E-state index < -0.39 is 0 Å². The maximum atomic E-state index is 6.03. The first-order valence-corrected chi connectivity index (χ1v) is 9.89. The monoisotopic (exact) mass is 442 g/mol. The lowest BCUT2D eigenvalue weighted by Gasteiger charge is -2.14. The molecule has 9 nitrogen and oxygen atoms in total. The van der Waals surface area contributed by atoms with Crippen molar-refractivity contribution in [2.45, 2.75) is 13.8 Å². The molecule has 0 aliphatic heterocycles. The van der Waals surface area contributed by atoms with E-state index in [1.54, 1.807) is 40.1 Å². The number of halogens is 1. The van der Waals surface area contributed by atoms with Gasteiger partial charge in [-0.1, -0.05) is 13.8 Å². The summed E-state index contributed by atoms with van der Waals surface area (Å²) in [7, 11) is 4.70. The summed E-state index contributed by atoms with van der Waals surface area (Å²) in [5.74, 6) is 2.73. The van der Waals surface area contributed by atoms with Crippen molar-refractivity contribution in [3.05, 3.63) is 48.4 Å². The van der Waals surface area contributed by atoms with Gasteiger partial charge in [0.05, 0.1) is 44.9 Å². The van der Waals surface area contributed by atoms with E-state index in [1.807, 2.05) is 42.8 Å². The molecule has 10 heteroatoms. The largest absolute Gasteiger partial charge is 0.493 e. The number of aromatic nitrogens is 5. The Morgan fingerprint density at radius 1 is 1.00 bits per heavy atom. The van der Waals surface area contributed by atoms with Crippen LogP contribution in [0, 0.1) is 0 Å². The number of benzene rings is 1. The van der Waals surface area contributed by atoms with Crippen molar-refractivity contribution in [2.75, 3.05) is 26.6 Å². The quantitative estimate of drug-likeness (QED) is 0.431. The molecule has 3 aromatic heterocycles. The minimum Gasteiger partial charge on any atom is -0.493 e. The number of fused-ring (bicyclic) bond motifs is 1. The van der Waals surface area contributed by atoms with Crippen LogP contribution in [0.5, 0.6) is 17.2 Å². The van der Waals surface area contributed by atoms with Crippen molar-refractivity contribution in [3.63, 3.8) is 0 Å². The fraction of sp³-hybridized carbons (Fsp3) is 0.238. The molecule has 0 atom stereocenters. The van der Waals surface area contributed by atoms with Crippen molar-refractivity contribution in [2.24, 2.45) is 0 Å². The number of hydrogen-bond acceptors (Lipinski definition) is 8. The van der Waals surface area contributed by atoms with Crippen LogP contribution in [-0.2, 0) is 0 Å². The first-order valence-electron chi connectivity index (χ1n) is 9.51. The predicted molar refractivity (Wildman–Crippen MR) is 120 cm³/mol. The Balaban J connectivity index is 0.00000132. The molecule has 0 saturated carbocycles. The topological polar surface area (TPSA) is 96.2 Å². The Kier molecular flexibility index (Phi) is 7.09. The van der Waals surface area contributed by atoms with E-state index in [9.17, 15) is 0 Å². The van der Waals surface area contributed by atoms with Gasteiger partial charge < -0.3 is 24.1 Å². The third-order valence-corrected chi connectivity index (χ3v) is 4.42. The number of nitrogens with one attached hydrogen (secondary N) is 1. The second-order valence-electron chi connectivity index (χ2n) is 5.91. The Morgan fingerprint density at radius 3 is 2.35 bits per heavy atom. The maximum Gasteiger partial charge on any atom is 0.224 e. The lowest BCUT2D eigenvalue weighted by Crippen LogP contribution is -1.99. The molecule has 0 aliphatic carbocycles. The normalized spacial score (nSPS) is 10.3. The zero-order chi connectivity index (χ0) is 22.4. The van der Waals surface area contributed by atoms with Crippen LogP contribution in [0.15, 0.2) is 43.1 Å². The highest BCUT2D eigenvalue weighted by molar-refractivity contribution is 6.28. The van der Waals surface area contributed by atoms with Gasteiger partial charge in [0, 0.05) is 23.7 Å². The number of pyridine rings is 1. The number of hydrogen-bond donors (Lipinski definition) is 1. The van der Waals surface area contributed by atoms with Gasteiger partial charge in [-0.2, -0.15) is 4.98 Å². The van der Waals surface area contributed by atoms with Crippen molar-refractivity contribution in [1.82, 2.24) is 24.5 Å². The first kappa shape index (κ1) is 22.1. The number of ether oxygens (including phenoxy) is 3. The Bertz CT molecular complexity index is 1160. The molecule has 162 valence electrons. The van der Waals surface area contributed by atoms with Crippen molar-refractivity contribution >= 4 is 34.1 Å². The van der Waals surface area contributed by atoms with Gasteiger partial charge in [0.2, 0.25) is 11.0 Å². The first-order chi connectivity index (χ1) is 15.1. The summed E-state index contributed by atoms with van der Waals surface area (Å²) in [6.45, 7) is 4.00. The molecule has 0 unspecified atom stereocenters. The molecule has 0 amide bonds. The number of methoxy groups -OCH3 is 3. The van der Waals surface area contributed by atoms with E-state index in [4.69, 9.17) is 25.8 Å². The van der Waals surface area contributed by atoms with Crippen molar-refractivity contribution < 1.29 is 14.2 Å². The second kappa shape index (κ2) is 9.94. The molecule has 0 saturated heterocycles. The second-order valence-corrected chi connectivity index (χ2v) is 6.25. The van der Waals surface area contributed by atoms with Crippen LogP contribution in [0.1, 0.15) is 13.8 Å². The molecule has 3 heterocycles. The van der Waals surface area contributed by atoms with Gasteiger partial charge >= 0.3 is 0 Å². The number of nitrogens with zero attached hydrogens (tertiary/aromatic N) is 5. The molecule has 1 N–H and O–H groups in total. The molecule has 31 heavy (non-hydrogen) atoms. The van der Waals surface area contributed by atoms with E-state index in [0.717, 1.165) is 11.1 Å². The Hall–Kier alpha value is -3.59. The van der Waals surface area contributed by atoms with E-state index in [-0.39, 0.29) is 5.28 Å². The lowest BCUT2D eigenvalue weighted by molar-refractivity contribution is 0.324. The van der Waals surface area contributed by atoms with Crippen molar-refractivity contribution in [3.8, 4) is 22.9 Å². The average Bonchev–Trinajstić information content (AvgIpc) is 3.27. The highest BCUT2D eigenvalue weighted by Crippen LogP contribution is 2.39. The van der Waals surface area contributed by atoms with E-state index in [1.165, 1.54) is 0 Å². The van der Waals surface area contributed by atoms with Gasteiger partial charge in [-0.05, 0) is 17.7 Å². The van der Waals surface area contributed by atoms with Crippen LogP contribution in [0.2, 0.25) is 5.28 Å². The highest BCUT2D eigenvalue weighted by Gasteiger charge is 2.15. The smallest absolute Gasteiger partial charge is 0.224 e. The fourth-order valence-corrected chi connectivity index (χ4v) is 3.09. The van der Waals surface area contributed by atoms with E-state index >= 15 is 0 Å². The third-order valence-electron chi connectivity index (χ3n) is 4.25. The Labute approximate surface area is 185 Å². The molecular weight excluding hydrogens is 420 g/mol. The summed E-state index contributed by atoms with van der Waals surface area (Å²) < 4.78 is 18.0. The number of imidazole rings is 1. The SMILES string of the molecule is CC.COc1cc(-n2cnc(Nc3nc(Cl)nc4cnccc34)c2)cc(OC)c1OC. The van der Waals surface area contributed by atoms with Crippen LogP contribution in [0.3, 0.4) is 0 Å². The van der Waals surface area contributed by atoms with Crippen LogP contribution < -0.4 is 19.5 Å². The summed E-state index contributed by atoms with van der Waals surface area (Å²) in [5.41, 5.74) is 1.42. The molecule has 0 radical (unpaired) electrons.